The molecule has 4 rings (SSSR count). The molecule has 0 fully saturated rings. The second-order valence-corrected chi connectivity index (χ2v) is 5.55. The molecule has 1 heteroatoms. The van der Waals surface area contributed by atoms with Crippen LogP contribution in [0.1, 0.15) is 17.0 Å². The maximum absolute atomic E-state index is 3.56. The third-order valence-electron chi connectivity index (χ3n) is 4.27. The minimum absolute atomic E-state index is 0.564. The fraction of sp³-hybridized carbons (Fsp3) is 0.158. The predicted molar refractivity (Wildman–Crippen MR) is 85.3 cm³/mol. The van der Waals surface area contributed by atoms with Crippen LogP contribution in [-0.2, 0) is 6.42 Å². The zero-order valence-corrected chi connectivity index (χ0v) is 11.3. The van der Waals surface area contributed by atoms with Gasteiger partial charge in [0.2, 0.25) is 0 Å². The number of hydrogen-bond donors (Lipinski definition) is 1. The summed E-state index contributed by atoms with van der Waals surface area (Å²) in [6, 6.07) is 24.1. The lowest BCUT2D eigenvalue weighted by Gasteiger charge is -2.26. The second-order valence-electron chi connectivity index (χ2n) is 5.55. The molecule has 3 aromatic carbocycles. The zero-order valence-electron chi connectivity index (χ0n) is 11.3. The van der Waals surface area contributed by atoms with Gasteiger partial charge in [0, 0.05) is 18.2 Å². The summed E-state index contributed by atoms with van der Waals surface area (Å²) in [7, 11) is 0. The number of fused-ring (bicyclic) bond motifs is 2. The Hall–Kier alpha value is -2.28. The van der Waals surface area contributed by atoms with E-state index in [0.717, 1.165) is 13.0 Å². The number of anilines is 1. The van der Waals surface area contributed by atoms with Crippen molar-refractivity contribution in [1.29, 1.82) is 0 Å². The summed E-state index contributed by atoms with van der Waals surface area (Å²) in [4.78, 5) is 0. The molecular weight excluding hydrogens is 242 g/mol. The molecule has 1 heterocycles. The molecule has 20 heavy (non-hydrogen) atoms. The summed E-state index contributed by atoms with van der Waals surface area (Å²) in [5.41, 5.74) is 4.16. The van der Waals surface area contributed by atoms with Crippen LogP contribution in [-0.4, -0.2) is 6.54 Å². The second kappa shape index (κ2) is 4.68. The van der Waals surface area contributed by atoms with Gasteiger partial charge in [-0.15, -0.1) is 0 Å². The van der Waals surface area contributed by atoms with Gasteiger partial charge >= 0.3 is 0 Å². The Morgan fingerprint density at radius 1 is 0.800 bits per heavy atom. The molecule has 0 bridgehead atoms. The average molecular weight is 259 g/mol. The molecule has 1 nitrogen and oxygen atoms in total. The van der Waals surface area contributed by atoms with E-state index in [4.69, 9.17) is 0 Å². The first-order valence-corrected chi connectivity index (χ1v) is 7.21. The maximum Gasteiger partial charge on any atom is 0.0373 e. The Morgan fingerprint density at radius 3 is 2.55 bits per heavy atom. The number of para-hydroxylation sites is 1. The van der Waals surface area contributed by atoms with Gasteiger partial charge in [0.1, 0.15) is 0 Å². The first-order chi connectivity index (χ1) is 9.90. The normalized spacial score (nSPS) is 17.5. The lowest BCUT2D eigenvalue weighted by Crippen LogP contribution is -2.21. The lowest BCUT2D eigenvalue weighted by atomic mass is 9.87. The van der Waals surface area contributed by atoms with Crippen molar-refractivity contribution in [3.8, 4) is 0 Å². The Morgan fingerprint density at radius 2 is 1.60 bits per heavy atom. The van der Waals surface area contributed by atoms with Crippen molar-refractivity contribution in [2.24, 2.45) is 0 Å². The van der Waals surface area contributed by atoms with Gasteiger partial charge in [-0.05, 0) is 34.4 Å². The number of hydrogen-bond acceptors (Lipinski definition) is 1. The van der Waals surface area contributed by atoms with Gasteiger partial charge in [-0.1, -0.05) is 60.7 Å². The molecule has 98 valence electrons. The van der Waals surface area contributed by atoms with E-state index in [9.17, 15) is 0 Å². The Balaban J connectivity index is 1.70. The fourth-order valence-corrected chi connectivity index (χ4v) is 3.14. The monoisotopic (exact) mass is 259 g/mol. The fourth-order valence-electron chi connectivity index (χ4n) is 3.14. The van der Waals surface area contributed by atoms with Gasteiger partial charge in [0.25, 0.3) is 0 Å². The van der Waals surface area contributed by atoms with Crippen LogP contribution >= 0.6 is 0 Å². The molecular formula is C19H17N. The summed E-state index contributed by atoms with van der Waals surface area (Å²) in [5, 5.41) is 6.22. The van der Waals surface area contributed by atoms with Crippen LogP contribution < -0.4 is 5.32 Å². The van der Waals surface area contributed by atoms with Crippen LogP contribution in [0.4, 0.5) is 5.69 Å². The number of rotatable bonds is 1. The van der Waals surface area contributed by atoms with Crippen molar-refractivity contribution in [2.75, 3.05) is 11.9 Å². The van der Waals surface area contributed by atoms with Crippen LogP contribution in [0.15, 0.2) is 66.7 Å². The SMILES string of the molecule is c1ccc2c(c1)CC(c1ccc3ccccc3c1)CN2. The molecule has 0 amide bonds. The molecule has 0 aromatic heterocycles. The molecule has 1 aliphatic heterocycles. The van der Waals surface area contributed by atoms with Crippen LogP contribution in [0.25, 0.3) is 10.8 Å². The molecule has 0 aliphatic carbocycles. The highest BCUT2D eigenvalue weighted by atomic mass is 14.9. The van der Waals surface area contributed by atoms with E-state index in [-0.39, 0.29) is 0 Å². The summed E-state index contributed by atoms with van der Waals surface area (Å²) in [5.74, 6) is 0.564. The third kappa shape index (κ3) is 1.96. The highest BCUT2D eigenvalue weighted by Crippen LogP contribution is 2.31. The number of benzene rings is 3. The Labute approximate surface area is 119 Å². The van der Waals surface area contributed by atoms with Gasteiger partial charge in [0.15, 0.2) is 0 Å². The molecule has 1 aliphatic rings. The van der Waals surface area contributed by atoms with E-state index in [1.165, 1.54) is 27.6 Å². The first kappa shape index (κ1) is 11.5. The highest BCUT2D eigenvalue weighted by molar-refractivity contribution is 5.83. The van der Waals surface area contributed by atoms with Crippen molar-refractivity contribution in [1.82, 2.24) is 0 Å². The zero-order chi connectivity index (χ0) is 13.4. The van der Waals surface area contributed by atoms with Gasteiger partial charge in [-0.3, -0.25) is 0 Å². The van der Waals surface area contributed by atoms with E-state index in [2.05, 4.69) is 72.0 Å². The minimum atomic E-state index is 0.564. The third-order valence-corrected chi connectivity index (χ3v) is 4.27. The summed E-state index contributed by atoms with van der Waals surface area (Å²) >= 11 is 0. The topological polar surface area (TPSA) is 12.0 Å². The summed E-state index contributed by atoms with van der Waals surface area (Å²) < 4.78 is 0. The summed E-state index contributed by atoms with van der Waals surface area (Å²) in [6.07, 6.45) is 1.13. The van der Waals surface area contributed by atoms with Crippen molar-refractivity contribution in [2.45, 2.75) is 12.3 Å². The van der Waals surface area contributed by atoms with E-state index >= 15 is 0 Å². The van der Waals surface area contributed by atoms with E-state index < -0.39 is 0 Å². The van der Waals surface area contributed by atoms with Crippen LogP contribution in [0, 0.1) is 0 Å². The van der Waals surface area contributed by atoms with Gasteiger partial charge in [-0.2, -0.15) is 0 Å². The average Bonchev–Trinajstić information content (AvgIpc) is 2.54. The lowest BCUT2D eigenvalue weighted by molar-refractivity contribution is 0.696. The minimum Gasteiger partial charge on any atom is -0.384 e. The largest absolute Gasteiger partial charge is 0.384 e. The standard InChI is InChI=1S/C19H17N/c1-2-6-15-11-16(10-9-14(15)5-1)18-12-17-7-3-4-8-19(17)20-13-18/h1-11,18,20H,12-13H2. The Bertz CT molecular complexity index is 760. The van der Waals surface area contributed by atoms with E-state index in [0.29, 0.717) is 5.92 Å². The van der Waals surface area contributed by atoms with Crippen molar-refractivity contribution >= 4 is 16.5 Å². The van der Waals surface area contributed by atoms with Crippen molar-refractivity contribution < 1.29 is 0 Å². The molecule has 3 aromatic rings. The summed E-state index contributed by atoms with van der Waals surface area (Å²) in [6.45, 7) is 1.02. The van der Waals surface area contributed by atoms with Crippen LogP contribution in [0.5, 0.6) is 0 Å². The smallest absolute Gasteiger partial charge is 0.0373 e. The molecule has 0 saturated heterocycles. The van der Waals surface area contributed by atoms with Crippen molar-refractivity contribution in [3.63, 3.8) is 0 Å². The van der Waals surface area contributed by atoms with Crippen LogP contribution in [0.2, 0.25) is 0 Å². The molecule has 0 radical (unpaired) electrons. The maximum atomic E-state index is 3.56. The van der Waals surface area contributed by atoms with Crippen LogP contribution in [0.3, 0.4) is 0 Å². The first-order valence-electron chi connectivity index (χ1n) is 7.21. The highest BCUT2D eigenvalue weighted by Gasteiger charge is 2.19. The number of nitrogens with one attached hydrogen (secondary N) is 1. The quantitative estimate of drug-likeness (QED) is 0.674. The predicted octanol–water partition coefficient (Wildman–Crippen LogP) is 4.59. The molecule has 1 unspecified atom stereocenters. The van der Waals surface area contributed by atoms with Crippen molar-refractivity contribution in [3.05, 3.63) is 77.9 Å². The molecule has 1 atom stereocenters. The van der Waals surface area contributed by atoms with E-state index in [1.807, 2.05) is 0 Å². The molecule has 0 saturated carbocycles. The van der Waals surface area contributed by atoms with E-state index in [1.54, 1.807) is 0 Å². The van der Waals surface area contributed by atoms with Gasteiger partial charge < -0.3 is 5.32 Å². The Kier molecular flexibility index (Phi) is 2.70. The van der Waals surface area contributed by atoms with Gasteiger partial charge in [-0.25, -0.2) is 0 Å². The molecule has 1 N–H and O–H groups in total. The molecule has 0 spiro atoms. The van der Waals surface area contributed by atoms with Gasteiger partial charge in [0.05, 0.1) is 0 Å².